The summed E-state index contributed by atoms with van der Waals surface area (Å²) in [6.45, 7) is 0. The Morgan fingerprint density at radius 3 is 2.93 bits per heavy atom. The molecule has 0 fully saturated rings. The molecule has 15 heavy (non-hydrogen) atoms. The zero-order valence-electron chi connectivity index (χ0n) is 7.33. The van der Waals surface area contributed by atoms with Crippen LogP contribution in [0.15, 0.2) is 18.2 Å². The molecule has 0 aliphatic heterocycles. The van der Waals surface area contributed by atoms with E-state index in [9.17, 15) is 4.39 Å². The number of nitrogens with one attached hydrogen (secondary N) is 1. The van der Waals surface area contributed by atoms with E-state index in [1.807, 2.05) is 6.07 Å². The fourth-order valence-corrected chi connectivity index (χ4v) is 1.27. The molecule has 1 heterocycles. The average molecular weight is 223 g/mol. The van der Waals surface area contributed by atoms with Crippen LogP contribution in [-0.2, 0) is 0 Å². The van der Waals surface area contributed by atoms with Crippen molar-refractivity contribution in [3.05, 3.63) is 34.7 Å². The monoisotopic (exact) mass is 222 g/mol. The Labute approximate surface area is 89.3 Å². The number of aromatic nitrogens is 3. The summed E-state index contributed by atoms with van der Waals surface area (Å²) < 4.78 is 13.1. The number of halogens is 2. The van der Waals surface area contributed by atoms with Crippen LogP contribution in [0.25, 0.3) is 11.3 Å². The Kier molecular flexibility index (Phi) is 2.35. The fraction of sp³-hybridized carbons (Fsp3) is 0. The highest BCUT2D eigenvalue weighted by atomic mass is 35.5. The first kappa shape index (κ1) is 9.62. The molecule has 6 heteroatoms. The van der Waals surface area contributed by atoms with Crippen molar-refractivity contribution in [2.45, 2.75) is 0 Å². The minimum Gasteiger partial charge on any atom is -0.247 e. The second-order valence-electron chi connectivity index (χ2n) is 2.78. The molecule has 0 atom stereocenters. The van der Waals surface area contributed by atoms with E-state index in [1.54, 1.807) is 6.07 Å². The highest BCUT2D eigenvalue weighted by Gasteiger charge is 2.10. The maximum absolute atomic E-state index is 13.1. The molecule has 2 aromatic rings. The summed E-state index contributed by atoms with van der Waals surface area (Å²) in [7, 11) is 0. The molecule has 0 bridgehead atoms. The minimum absolute atomic E-state index is 0.0285. The summed E-state index contributed by atoms with van der Waals surface area (Å²) in [6.07, 6.45) is 0. The normalized spacial score (nSPS) is 9.93. The summed E-state index contributed by atoms with van der Waals surface area (Å²) in [5, 5.41) is 18.3. The van der Waals surface area contributed by atoms with Gasteiger partial charge in [-0.25, -0.2) is 9.49 Å². The zero-order valence-corrected chi connectivity index (χ0v) is 8.09. The van der Waals surface area contributed by atoms with E-state index in [-0.39, 0.29) is 10.7 Å². The predicted octanol–water partition coefficient (Wildman–Crippen LogP) is 2.14. The Hall–Kier alpha value is -1.93. The lowest BCUT2D eigenvalue weighted by Gasteiger charge is -1.98. The lowest BCUT2D eigenvalue weighted by molar-refractivity contribution is 0.628. The highest BCUT2D eigenvalue weighted by Crippen LogP contribution is 2.23. The van der Waals surface area contributed by atoms with Crippen LogP contribution in [0.3, 0.4) is 0 Å². The lowest BCUT2D eigenvalue weighted by Crippen LogP contribution is -1.85. The number of rotatable bonds is 1. The van der Waals surface area contributed by atoms with E-state index < -0.39 is 5.82 Å². The van der Waals surface area contributed by atoms with Gasteiger partial charge in [0.2, 0.25) is 0 Å². The third-order valence-electron chi connectivity index (χ3n) is 1.85. The van der Waals surface area contributed by atoms with Crippen LogP contribution in [0.5, 0.6) is 0 Å². The minimum atomic E-state index is -0.555. The summed E-state index contributed by atoms with van der Waals surface area (Å²) >= 11 is 5.53. The van der Waals surface area contributed by atoms with Crippen LogP contribution in [0.4, 0.5) is 4.39 Å². The van der Waals surface area contributed by atoms with Gasteiger partial charge in [0, 0.05) is 5.56 Å². The Morgan fingerprint density at radius 2 is 2.27 bits per heavy atom. The molecular formula is C9H4ClFN4. The smallest absolute Gasteiger partial charge is 0.163 e. The standard InChI is InChI=1S/C9H4ClFN4/c10-6-2-1-5(3-7(6)11)9-8(4-12)13-15-14-9/h1-3H,(H,13,14,15). The third-order valence-corrected chi connectivity index (χ3v) is 2.16. The maximum Gasteiger partial charge on any atom is 0.163 e. The van der Waals surface area contributed by atoms with Crippen LogP contribution in [-0.4, -0.2) is 15.4 Å². The molecule has 0 saturated heterocycles. The molecule has 0 spiro atoms. The van der Waals surface area contributed by atoms with Crippen LogP contribution >= 0.6 is 11.6 Å². The molecule has 0 radical (unpaired) electrons. The van der Waals surface area contributed by atoms with E-state index >= 15 is 0 Å². The second kappa shape index (κ2) is 3.67. The number of nitriles is 1. The van der Waals surface area contributed by atoms with Crippen molar-refractivity contribution in [3.63, 3.8) is 0 Å². The van der Waals surface area contributed by atoms with Gasteiger partial charge in [-0.2, -0.15) is 5.26 Å². The maximum atomic E-state index is 13.1. The van der Waals surface area contributed by atoms with Gasteiger partial charge in [-0.05, 0) is 12.1 Å². The van der Waals surface area contributed by atoms with Gasteiger partial charge in [-0.15, -0.1) is 5.10 Å². The molecule has 2 rings (SSSR count). The molecule has 0 aliphatic carbocycles. The van der Waals surface area contributed by atoms with E-state index in [0.717, 1.165) is 0 Å². The quantitative estimate of drug-likeness (QED) is 0.804. The SMILES string of the molecule is N#Cc1[nH]nnc1-c1ccc(Cl)c(F)c1. The van der Waals surface area contributed by atoms with Crippen molar-refractivity contribution in [2.75, 3.05) is 0 Å². The number of hydrogen-bond donors (Lipinski definition) is 1. The van der Waals surface area contributed by atoms with Gasteiger partial charge in [-0.3, -0.25) is 0 Å². The van der Waals surface area contributed by atoms with Gasteiger partial charge in [0.15, 0.2) is 5.69 Å². The summed E-state index contributed by atoms with van der Waals surface area (Å²) in [4.78, 5) is 0. The van der Waals surface area contributed by atoms with Crippen molar-refractivity contribution in [1.29, 1.82) is 5.26 Å². The highest BCUT2D eigenvalue weighted by molar-refractivity contribution is 6.30. The van der Waals surface area contributed by atoms with Gasteiger partial charge in [-0.1, -0.05) is 22.9 Å². The number of aromatic amines is 1. The van der Waals surface area contributed by atoms with Crippen molar-refractivity contribution >= 4 is 11.6 Å². The topological polar surface area (TPSA) is 65.4 Å². The Balaban J connectivity index is 2.56. The van der Waals surface area contributed by atoms with E-state index in [0.29, 0.717) is 11.3 Å². The van der Waals surface area contributed by atoms with Crippen molar-refractivity contribution in [3.8, 4) is 17.3 Å². The molecule has 1 N–H and O–H groups in total. The number of benzene rings is 1. The van der Waals surface area contributed by atoms with Gasteiger partial charge >= 0.3 is 0 Å². The third kappa shape index (κ3) is 1.67. The van der Waals surface area contributed by atoms with E-state index in [4.69, 9.17) is 16.9 Å². The number of hydrogen-bond acceptors (Lipinski definition) is 3. The van der Waals surface area contributed by atoms with Gasteiger partial charge < -0.3 is 0 Å². The zero-order chi connectivity index (χ0) is 10.8. The molecule has 1 aromatic heterocycles. The van der Waals surface area contributed by atoms with Crippen molar-refractivity contribution in [1.82, 2.24) is 15.4 Å². The van der Waals surface area contributed by atoms with Crippen molar-refractivity contribution < 1.29 is 4.39 Å². The van der Waals surface area contributed by atoms with Gasteiger partial charge in [0.1, 0.15) is 17.6 Å². The molecule has 1 aromatic carbocycles. The fourth-order valence-electron chi connectivity index (χ4n) is 1.15. The first-order valence-corrected chi connectivity index (χ1v) is 4.36. The summed E-state index contributed by atoms with van der Waals surface area (Å²) in [5.41, 5.74) is 0.965. The summed E-state index contributed by atoms with van der Waals surface area (Å²) in [5.74, 6) is -0.555. The molecular weight excluding hydrogens is 219 g/mol. The van der Waals surface area contributed by atoms with Crippen LogP contribution in [0.1, 0.15) is 5.69 Å². The lowest BCUT2D eigenvalue weighted by atomic mass is 10.1. The average Bonchev–Trinajstić information content (AvgIpc) is 2.70. The largest absolute Gasteiger partial charge is 0.247 e. The predicted molar refractivity (Wildman–Crippen MR) is 51.5 cm³/mol. The Morgan fingerprint density at radius 1 is 1.47 bits per heavy atom. The van der Waals surface area contributed by atoms with Crippen LogP contribution in [0.2, 0.25) is 5.02 Å². The molecule has 4 nitrogen and oxygen atoms in total. The molecule has 0 saturated carbocycles. The first-order chi connectivity index (χ1) is 7.22. The van der Waals surface area contributed by atoms with Gasteiger partial charge in [0.05, 0.1) is 5.02 Å². The van der Waals surface area contributed by atoms with E-state index in [1.165, 1.54) is 12.1 Å². The number of nitrogens with zero attached hydrogens (tertiary/aromatic N) is 3. The van der Waals surface area contributed by atoms with Crippen LogP contribution < -0.4 is 0 Å². The number of H-pyrrole nitrogens is 1. The molecule has 0 aliphatic rings. The molecule has 74 valence electrons. The summed E-state index contributed by atoms with van der Waals surface area (Å²) in [6, 6.07) is 6.06. The van der Waals surface area contributed by atoms with Crippen molar-refractivity contribution in [2.24, 2.45) is 0 Å². The first-order valence-electron chi connectivity index (χ1n) is 3.99. The molecule has 0 amide bonds. The van der Waals surface area contributed by atoms with Gasteiger partial charge in [0.25, 0.3) is 0 Å². The Bertz CT molecular complexity index is 543. The van der Waals surface area contributed by atoms with E-state index in [2.05, 4.69) is 15.4 Å². The second-order valence-corrected chi connectivity index (χ2v) is 3.18. The van der Waals surface area contributed by atoms with Crippen LogP contribution in [0, 0.1) is 17.1 Å². The molecule has 0 unspecified atom stereocenters.